The average molecular weight is 354 g/mol. The van der Waals surface area contributed by atoms with Crippen molar-refractivity contribution in [3.63, 3.8) is 0 Å². The van der Waals surface area contributed by atoms with E-state index in [2.05, 4.69) is 25.7 Å². The standard InChI is InChI=1S/C22H30N2O2/c1-6-24(17(2)3)20-13-11-19(12-14-20)22(25)23(4)16-15-18-9-7-8-10-21(18)26-5/h7-14,17H,6,15-16H2,1-5H3. The molecule has 1 amide bonds. The zero-order chi connectivity index (χ0) is 19.1. The minimum absolute atomic E-state index is 0.0408. The van der Waals surface area contributed by atoms with E-state index in [0.717, 1.165) is 35.5 Å². The molecule has 0 radical (unpaired) electrons. The predicted octanol–water partition coefficient (Wildman–Crippen LogP) is 4.24. The van der Waals surface area contributed by atoms with E-state index in [-0.39, 0.29) is 5.91 Å². The Labute approximate surface area is 157 Å². The molecule has 2 aromatic rings. The van der Waals surface area contributed by atoms with Gasteiger partial charge < -0.3 is 14.5 Å². The molecule has 26 heavy (non-hydrogen) atoms. The molecule has 0 saturated heterocycles. The fourth-order valence-corrected chi connectivity index (χ4v) is 3.16. The van der Waals surface area contributed by atoms with E-state index >= 15 is 0 Å². The van der Waals surface area contributed by atoms with Crippen LogP contribution in [-0.4, -0.2) is 44.1 Å². The van der Waals surface area contributed by atoms with Crippen molar-refractivity contribution in [3.05, 3.63) is 59.7 Å². The summed E-state index contributed by atoms with van der Waals surface area (Å²) in [6, 6.07) is 16.3. The first-order valence-corrected chi connectivity index (χ1v) is 9.22. The Balaban J connectivity index is 2.01. The number of para-hydroxylation sites is 1. The second-order valence-electron chi connectivity index (χ2n) is 6.72. The van der Waals surface area contributed by atoms with Crippen LogP contribution in [0.15, 0.2) is 48.5 Å². The molecule has 4 nitrogen and oxygen atoms in total. The van der Waals surface area contributed by atoms with E-state index < -0.39 is 0 Å². The predicted molar refractivity (Wildman–Crippen MR) is 108 cm³/mol. The molecule has 0 spiro atoms. The number of amides is 1. The Hall–Kier alpha value is -2.49. The van der Waals surface area contributed by atoms with Gasteiger partial charge in [0.15, 0.2) is 0 Å². The maximum Gasteiger partial charge on any atom is 0.253 e. The van der Waals surface area contributed by atoms with Gasteiger partial charge in [-0.1, -0.05) is 18.2 Å². The van der Waals surface area contributed by atoms with Gasteiger partial charge in [0, 0.05) is 37.4 Å². The monoisotopic (exact) mass is 354 g/mol. The molecule has 0 aliphatic heterocycles. The molecule has 0 unspecified atom stereocenters. The van der Waals surface area contributed by atoms with Crippen LogP contribution in [0.5, 0.6) is 5.75 Å². The third-order valence-corrected chi connectivity index (χ3v) is 4.67. The van der Waals surface area contributed by atoms with Crippen LogP contribution < -0.4 is 9.64 Å². The lowest BCUT2D eigenvalue weighted by atomic mass is 10.1. The molecule has 0 fully saturated rings. The van der Waals surface area contributed by atoms with Gasteiger partial charge in [0.2, 0.25) is 0 Å². The number of likely N-dealkylation sites (N-methyl/N-ethyl adjacent to an activating group) is 1. The van der Waals surface area contributed by atoms with E-state index in [4.69, 9.17) is 4.74 Å². The summed E-state index contributed by atoms with van der Waals surface area (Å²) in [5.41, 5.74) is 2.98. The number of anilines is 1. The van der Waals surface area contributed by atoms with E-state index in [1.54, 1.807) is 12.0 Å². The lowest BCUT2D eigenvalue weighted by molar-refractivity contribution is 0.0796. The number of benzene rings is 2. The van der Waals surface area contributed by atoms with E-state index in [9.17, 15) is 4.79 Å². The van der Waals surface area contributed by atoms with Crippen LogP contribution in [-0.2, 0) is 6.42 Å². The molecule has 0 atom stereocenters. The highest BCUT2D eigenvalue weighted by molar-refractivity contribution is 5.94. The summed E-state index contributed by atoms with van der Waals surface area (Å²) in [5.74, 6) is 0.907. The van der Waals surface area contributed by atoms with Gasteiger partial charge in [-0.15, -0.1) is 0 Å². The number of rotatable bonds is 8. The van der Waals surface area contributed by atoms with Gasteiger partial charge in [-0.05, 0) is 63.1 Å². The summed E-state index contributed by atoms with van der Waals surface area (Å²) >= 11 is 0. The second-order valence-corrected chi connectivity index (χ2v) is 6.72. The molecule has 4 heteroatoms. The Morgan fingerprint density at radius 1 is 1.08 bits per heavy atom. The summed E-state index contributed by atoms with van der Waals surface area (Å²) in [6.45, 7) is 8.09. The molecule has 0 aliphatic carbocycles. The number of ether oxygens (including phenoxy) is 1. The van der Waals surface area contributed by atoms with Gasteiger partial charge in [-0.25, -0.2) is 0 Å². The number of hydrogen-bond donors (Lipinski definition) is 0. The maximum absolute atomic E-state index is 12.7. The van der Waals surface area contributed by atoms with Crippen molar-refractivity contribution >= 4 is 11.6 Å². The van der Waals surface area contributed by atoms with Crippen LogP contribution in [0.3, 0.4) is 0 Å². The molecule has 0 N–H and O–H groups in total. The van der Waals surface area contributed by atoms with Crippen LogP contribution in [0.1, 0.15) is 36.7 Å². The first-order valence-electron chi connectivity index (χ1n) is 9.22. The number of hydrogen-bond acceptors (Lipinski definition) is 3. The summed E-state index contributed by atoms with van der Waals surface area (Å²) in [4.78, 5) is 16.8. The summed E-state index contributed by atoms with van der Waals surface area (Å²) < 4.78 is 5.38. The fourth-order valence-electron chi connectivity index (χ4n) is 3.16. The molecule has 0 aliphatic rings. The van der Waals surface area contributed by atoms with Crippen LogP contribution >= 0.6 is 0 Å². The summed E-state index contributed by atoms with van der Waals surface area (Å²) in [5, 5.41) is 0. The fraction of sp³-hybridized carbons (Fsp3) is 0.409. The largest absolute Gasteiger partial charge is 0.496 e. The zero-order valence-electron chi connectivity index (χ0n) is 16.5. The minimum atomic E-state index is 0.0408. The van der Waals surface area contributed by atoms with Gasteiger partial charge in [-0.2, -0.15) is 0 Å². The van der Waals surface area contributed by atoms with Gasteiger partial charge in [0.1, 0.15) is 5.75 Å². The molecule has 2 rings (SSSR count). The van der Waals surface area contributed by atoms with Crippen molar-refractivity contribution in [1.82, 2.24) is 4.90 Å². The molecule has 0 aromatic heterocycles. The molecular formula is C22H30N2O2. The number of carbonyl (C=O) groups excluding carboxylic acids is 1. The van der Waals surface area contributed by atoms with Crippen LogP contribution in [0.2, 0.25) is 0 Å². The van der Waals surface area contributed by atoms with E-state index in [0.29, 0.717) is 12.6 Å². The van der Waals surface area contributed by atoms with Gasteiger partial charge in [0.25, 0.3) is 5.91 Å². The highest BCUT2D eigenvalue weighted by atomic mass is 16.5. The smallest absolute Gasteiger partial charge is 0.253 e. The summed E-state index contributed by atoms with van der Waals surface area (Å²) in [7, 11) is 3.52. The zero-order valence-corrected chi connectivity index (χ0v) is 16.5. The Morgan fingerprint density at radius 3 is 2.31 bits per heavy atom. The van der Waals surface area contributed by atoms with Crippen molar-refractivity contribution < 1.29 is 9.53 Å². The third-order valence-electron chi connectivity index (χ3n) is 4.67. The van der Waals surface area contributed by atoms with Crippen molar-refractivity contribution in [2.75, 3.05) is 32.1 Å². The molecule has 0 heterocycles. The van der Waals surface area contributed by atoms with Crippen LogP contribution in [0.4, 0.5) is 5.69 Å². The molecule has 140 valence electrons. The molecule has 2 aromatic carbocycles. The highest BCUT2D eigenvalue weighted by Gasteiger charge is 2.14. The SMILES string of the molecule is CCN(c1ccc(C(=O)N(C)CCc2ccccc2OC)cc1)C(C)C. The first kappa shape index (κ1) is 19.8. The number of methoxy groups -OCH3 is 1. The molecule has 0 bridgehead atoms. The lowest BCUT2D eigenvalue weighted by Crippen LogP contribution is -2.31. The average Bonchev–Trinajstić information content (AvgIpc) is 2.66. The Bertz CT molecular complexity index is 710. The number of carbonyl (C=O) groups is 1. The van der Waals surface area contributed by atoms with Crippen LogP contribution in [0, 0.1) is 0 Å². The molecular weight excluding hydrogens is 324 g/mol. The normalized spacial score (nSPS) is 10.7. The van der Waals surface area contributed by atoms with Gasteiger partial charge in [-0.3, -0.25) is 4.79 Å². The topological polar surface area (TPSA) is 32.8 Å². The number of nitrogens with zero attached hydrogens (tertiary/aromatic N) is 2. The third kappa shape index (κ3) is 4.78. The highest BCUT2D eigenvalue weighted by Crippen LogP contribution is 2.20. The second kappa shape index (κ2) is 9.27. The lowest BCUT2D eigenvalue weighted by Gasteiger charge is -2.27. The van der Waals surface area contributed by atoms with E-state index in [1.807, 2.05) is 55.6 Å². The van der Waals surface area contributed by atoms with Crippen molar-refractivity contribution in [1.29, 1.82) is 0 Å². The van der Waals surface area contributed by atoms with Crippen molar-refractivity contribution in [2.45, 2.75) is 33.2 Å². The van der Waals surface area contributed by atoms with Gasteiger partial charge >= 0.3 is 0 Å². The summed E-state index contributed by atoms with van der Waals surface area (Å²) in [6.07, 6.45) is 0.765. The Morgan fingerprint density at radius 2 is 1.73 bits per heavy atom. The minimum Gasteiger partial charge on any atom is -0.496 e. The van der Waals surface area contributed by atoms with Crippen molar-refractivity contribution in [3.8, 4) is 5.75 Å². The van der Waals surface area contributed by atoms with Gasteiger partial charge in [0.05, 0.1) is 7.11 Å². The molecule has 0 saturated carbocycles. The van der Waals surface area contributed by atoms with E-state index in [1.165, 1.54) is 0 Å². The quantitative estimate of drug-likeness (QED) is 0.711. The van der Waals surface area contributed by atoms with Crippen molar-refractivity contribution in [2.24, 2.45) is 0 Å². The maximum atomic E-state index is 12.7. The first-order chi connectivity index (χ1) is 12.5. The van der Waals surface area contributed by atoms with Crippen LogP contribution in [0.25, 0.3) is 0 Å². The Kier molecular flexibility index (Phi) is 7.07.